The fraction of sp³-hybridized carbons (Fsp3) is 0.333. The number of carbonyl (C=O) groups is 1. The van der Waals surface area contributed by atoms with Gasteiger partial charge in [-0.2, -0.15) is 0 Å². The number of hydrogen-bond donors (Lipinski definition) is 1. The minimum atomic E-state index is -0.290. The van der Waals surface area contributed by atoms with E-state index in [-0.39, 0.29) is 17.9 Å². The summed E-state index contributed by atoms with van der Waals surface area (Å²) in [6, 6.07) is 7.08. The van der Waals surface area contributed by atoms with Crippen LogP contribution in [-0.4, -0.2) is 21.0 Å². The van der Waals surface area contributed by atoms with Gasteiger partial charge in [-0.25, -0.2) is 9.97 Å². The summed E-state index contributed by atoms with van der Waals surface area (Å²) < 4.78 is 11.0. The van der Waals surface area contributed by atoms with Crippen LogP contribution in [0, 0.1) is 13.8 Å². The van der Waals surface area contributed by atoms with Crippen molar-refractivity contribution >= 4 is 11.6 Å². The average Bonchev–Trinajstić information content (AvgIpc) is 2.98. The number of ether oxygens (including phenoxy) is 1. The van der Waals surface area contributed by atoms with Gasteiger partial charge in [0.2, 0.25) is 0 Å². The van der Waals surface area contributed by atoms with E-state index in [1.807, 2.05) is 40.7 Å². The second kappa shape index (κ2) is 7.80. The third-order valence-corrected chi connectivity index (χ3v) is 4.27. The van der Waals surface area contributed by atoms with E-state index in [1.54, 1.807) is 30.6 Å². The number of para-hydroxylation sites is 1. The largest absolute Gasteiger partial charge is 0.488 e. The summed E-state index contributed by atoms with van der Waals surface area (Å²) in [6.07, 6.45) is 3.22. The number of amides is 1. The van der Waals surface area contributed by atoms with Crippen molar-refractivity contribution in [3.8, 4) is 5.75 Å². The van der Waals surface area contributed by atoms with Crippen LogP contribution >= 0.6 is 0 Å². The van der Waals surface area contributed by atoms with E-state index >= 15 is 0 Å². The summed E-state index contributed by atoms with van der Waals surface area (Å²) in [5.74, 6) is 1.61. The van der Waals surface area contributed by atoms with Crippen molar-refractivity contribution in [3.63, 3.8) is 0 Å². The molecule has 0 fully saturated rings. The van der Waals surface area contributed by atoms with Crippen molar-refractivity contribution in [2.24, 2.45) is 0 Å². The van der Waals surface area contributed by atoms with Gasteiger partial charge in [0.15, 0.2) is 0 Å². The lowest BCUT2D eigenvalue weighted by Gasteiger charge is -2.16. The van der Waals surface area contributed by atoms with Crippen LogP contribution in [-0.2, 0) is 12.0 Å². The quantitative estimate of drug-likeness (QED) is 0.713. The Balaban J connectivity index is 1.74. The van der Waals surface area contributed by atoms with E-state index in [4.69, 9.17) is 9.26 Å². The second-order valence-electron chi connectivity index (χ2n) is 7.59. The van der Waals surface area contributed by atoms with Gasteiger partial charge in [0, 0.05) is 5.41 Å². The molecule has 1 aromatic carbocycles. The van der Waals surface area contributed by atoms with Crippen LogP contribution in [0.15, 0.2) is 41.2 Å². The van der Waals surface area contributed by atoms with Gasteiger partial charge < -0.3 is 14.6 Å². The summed E-state index contributed by atoms with van der Waals surface area (Å²) in [5, 5.41) is 6.74. The average molecular weight is 380 g/mol. The number of aromatic nitrogens is 3. The molecular formula is C21H24N4O3. The first-order valence-corrected chi connectivity index (χ1v) is 9.03. The summed E-state index contributed by atoms with van der Waals surface area (Å²) >= 11 is 0. The fourth-order valence-corrected chi connectivity index (χ4v) is 2.62. The highest BCUT2D eigenvalue weighted by Gasteiger charge is 2.18. The molecule has 3 rings (SSSR count). The van der Waals surface area contributed by atoms with Gasteiger partial charge in [-0.15, -0.1) is 0 Å². The van der Waals surface area contributed by atoms with E-state index in [9.17, 15) is 4.79 Å². The molecule has 1 amide bonds. The van der Waals surface area contributed by atoms with Gasteiger partial charge in [-0.1, -0.05) is 38.1 Å². The fourth-order valence-electron chi connectivity index (χ4n) is 2.62. The molecule has 2 heterocycles. The lowest BCUT2D eigenvalue weighted by molar-refractivity contribution is 0.102. The highest BCUT2D eigenvalue weighted by Crippen LogP contribution is 2.23. The zero-order valence-electron chi connectivity index (χ0n) is 16.7. The molecule has 1 N–H and O–H groups in total. The molecule has 0 atom stereocenters. The number of rotatable bonds is 5. The number of aryl methyl sites for hydroxylation is 2. The van der Waals surface area contributed by atoms with Gasteiger partial charge in [-0.05, 0) is 26.0 Å². The van der Waals surface area contributed by atoms with Crippen LogP contribution in [0.25, 0.3) is 0 Å². The minimum absolute atomic E-state index is 0.152. The molecule has 0 aliphatic heterocycles. The maximum absolute atomic E-state index is 12.7. The Morgan fingerprint density at radius 1 is 1.14 bits per heavy atom. The Kier molecular flexibility index (Phi) is 5.44. The summed E-state index contributed by atoms with van der Waals surface area (Å²) in [6.45, 7) is 10.1. The standard InChI is InChI=1S/C21H24N4O3/c1-13-17(14(2)28-25-13)12-27-18-9-7-6-8-16(18)19(26)24-15-10-22-20(23-11-15)21(3,4)5/h6-11H,12H2,1-5H3,(H,24,26). The second-order valence-corrected chi connectivity index (χ2v) is 7.59. The van der Waals surface area contributed by atoms with Crippen LogP contribution < -0.4 is 10.1 Å². The summed E-state index contributed by atoms with van der Waals surface area (Å²) in [5.41, 5.74) is 2.45. The molecule has 0 saturated carbocycles. The number of benzene rings is 1. The highest BCUT2D eigenvalue weighted by atomic mass is 16.5. The predicted molar refractivity (Wildman–Crippen MR) is 105 cm³/mol. The number of nitrogens with one attached hydrogen (secondary N) is 1. The molecular weight excluding hydrogens is 356 g/mol. The first kappa shape index (κ1) is 19.5. The van der Waals surface area contributed by atoms with E-state index < -0.39 is 0 Å². The van der Waals surface area contributed by atoms with Crippen molar-refractivity contribution in [3.05, 3.63) is 65.1 Å². The minimum Gasteiger partial charge on any atom is -0.488 e. The monoisotopic (exact) mass is 380 g/mol. The number of hydrogen-bond acceptors (Lipinski definition) is 6. The first-order valence-electron chi connectivity index (χ1n) is 9.03. The molecule has 146 valence electrons. The van der Waals surface area contributed by atoms with Gasteiger partial charge >= 0.3 is 0 Å². The molecule has 0 unspecified atom stereocenters. The molecule has 0 aliphatic carbocycles. The Morgan fingerprint density at radius 3 is 2.43 bits per heavy atom. The number of carbonyl (C=O) groups excluding carboxylic acids is 1. The van der Waals surface area contributed by atoms with Gasteiger partial charge in [0.25, 0.3) is 5.91 Å². The summed E-state index contributed by atoms with van der Waals surface area (Å²) in [4.78, 5) is 21.4. The van der Waals surface area contributed by atoms with Crippen molar-refractivity contribution < 1.29 is 14.1 Å². The lowest BCUT2D eigenvalue weighted by atomic mass is 9.96. The molecule has 0 bridgehead atoms. The third-order valence-electron chi connectivity index (χ3n) is 4.27. The van der Waals surface area contributed by atoms with Crippen molar-refractivity contribution in [2.75, 3.05) is 5.32 Å². The van der Waals surface area contributed by atoms with E-state index in [2.05, 4.69) is 20.4 Å². The van der Waals surface area contributed by atoms with Crippen LogP contribution in [0.1, 0.15) is 54.0 Å². The van der Waals surface area contributed by atoms with Crippen molar-refractivity contribution in [1.29, 1.82) is 0 Å². The maximum Gasteiger partial charge on any atom is 0.259 e. The van der Waals surface area contributed by atoms with E-state index in [1.165, 1.54) is 0 Å². The zero-order valence-corrected chi connectivity index (χ0v) is 16.7. The molecule has 0 aliphatic rings. The smallest absolute Gasteiger partial charge is 0.259 e. The van der Waals surface area contributed by atoms with E-state index in [0.717, 1.165) is 11.3 Å². The Bertz CT molecular complexity index is 953. The Hall–Kier alpha value is -3.22. The molecule has 3 aromatic rings. The highest BCUT2D eigenvalue weighted by molar-refractivity contribution is 6.06. The first-order chi connectivity index (χ1) is 13.3. The molecule has 0 saturated heterocycles. The van der Waals surface area contributed by atoms with Crippen molar-refractivity contribution in [2.45, 2.75) is 46.6 Å². The SMILES string of the molecule is Cc1noc(C)c1COc1ccccc1C(=O)Nc1cnc(C(C)(C)C)nc1. The molecule has 7 nitrogen and oxygen atoms in total. The molecule has 0 spiro atoms. The van der Waals surface area contributed by atoms with E-state index in [0.29, 0.717) is 28.6 Å². The van der Waals surface area contributed by atoms with Crippen LogP contribution in [0.3, 0.4) is 0 Å². The molecule has 28 heavy (non-hydrogen) atoms. The predicted octanol–water partition coefficient (Wildman–Crippen LogP) is 4.21. The normalized spacial score (nSPS) is 11.3. The van der Waals surface area contributed by atoms with Gasteiger partial charge in [-0.3, -0.25) is 4.79 Å². The Labute approximate surface area is 164 Å². The van der Waals surface area contributed by atoms with Gasteiger partial charge in [0.1, 0.15) is 23.9 Å². The maximum atomic E-state index is 12.7. The summed E-state index contributed by atoms with van der Waals surface area (Å²) in [7, 11) is 0. The molecule has 7 heteroatoms. The molecule has 2 aromatic heterocycles. The van der Waals surface area contributed by atoms with Crippen LogP contribution in [0.5, 0.6) is 5.75 Å². The van der Waals surface area contributed by atoms with Crippen LogP contribution in [0.4, 0.5) is 5.69 Å². The number of anilines is 1. The molecule has 0 radical (unpaired) electrons. The van der Waals surface area contributed by atoms with Gasteiger partial charge in [0.05, 0.1) is 34.9 Å². The van der Waals surface area contributed by atoms with Crippen LogP contribution in [0.2, 0.25) is 0 Å². The zero-order chi connectivity index (χ0) is 20.3. The number of nitrogens with zero attached hydrogens (tertiary/aromatic N) is 3. The topological polar surface area (TPSA) is 90.1 Å². The third kappa shape index (κ3) is 4.36. The lowest BCUT2D eigenvalue weighted by Crippen LogP contribution is -2.17. The van der Waals surface area contributed by atoms with Crippen molar-refractivity contribution in [1.82, 2.24) is 15.1 Å². The Morgan fingerprint density at radius 2 is 1.82 bits per heavy atom.